The lowest BCUT2D eigenvalue weighted by Crippen LogP contribution is -2.43. The molecule has 0 spiro atoms. The first-order valence-electron chi connectivity index (χ1n) is 8.08. The zero-order valence-electron chi connectivity index (χ0n) is 12.8. The van der Waals surface area contributed by atoms with Gasteiger partial charge in [-0.1, -0.05) is 0 Å². The molecule has 0 aliphatic carbocycles. The lowest BCUT2D eigenvalue weighted by molar-refractivity contribution is -0.105. The molecule has 1 aromatic rings. The number of likely N-dealkylation sites (tertiary alicyclic amines) is 1. The molecule has 21 heavy (non-hydrogen) atoms. The third-order valence-corrected chi connectivity index (χ3v) is 4.91. The van der Waals surface area contributed by atoms with Crippen LogP contribution >= 0.6 is 0 Å². The summed E-state index contributed by atoms with van der Waals surface area (Å²) < 4.78 is 0. The second-order valence-electron chi connectivity index (χ2n) is 6.22. The Hall–Kier alpha value is -1.55. The van der Waals surface area contributed by atoms with Crippen molar-refractivity contribution in [3.63, 3.8) is 0 Å². The van der Waals surface area contributed by atoms with Crippen molar-refractivity contribution in [1.82, 2.24) is 4.90 Å². The topological polar surface area (TPSA) is 35.6 Å². The number of nitrogens with one attached hydrogen (secondary N) is 1. The van der Waals surface area contributed by atoms with Gasteiger partial charge in [0.15, 0.2) is 0 Å². The van der Waals surface area contributed by atoms with Crippen molar-refractivity contribution in [1.29, 1.82) is 0 Å². The van der Waals surface area contributed by atoms with E-state index in [-0.39, 0.29) is 0 Å². The Labute approximate surface area is 127 Å². The van der Waals surface area contributed by atoms with Crippen LogP contribution in [0.2, 0.25) is 0 Å². The number of piperidine rings is 1. The molecule has 3 rings (SSSR count). The van der Waals surface area contributed by atoms with E-state index in [0.717, 1.165) is 36.8 Å². The molecule has 0 unspecified atom stereocenters. The van der Waals surface area contributed by atoms with Gasteiger partial charge in [-0.15, -0.1) is 0 Å². The first kappa shape index (κ1) is 14.4. The first-order valence-corrected chi connectivity index (χ1v) is 8.08. The van der Waals surface area contributed by atoms with Crippen molar-refractivity contribution in [3.8, 4) is 0 Å². The van der Waals surface area contributed by atoms with Gasteiger partial charge in [0.25, 0.3) is 0 Å². The van der Waals surface area contributed by atoms with E-state index in [2.05, 4.69) is 27.2 Å². The molecule has 1 aromatic carbocycles. The maximum Gasteiger partial charge on any atom is 0.211 e. The molecule has 0 saturated carbocycles. The second kappa shape index (κ2) is 6.48. The summed E-state index contributed by atoms with van der Waals surface area (Å²) in [5.74, 6) is 0. The lowest BCUT2D eigenvalue weighted by Gasteiger charge is -2.38. The molecule has 2 saturated heterocycles. The van der Waals surface area contributed by atoms with Crippen LogP contribution in [0.25, 0.3) is 0 Å². The largest absolute Gasteiger partial charge is 0.371 e. The van der Waals surface area contributed by atoms with Crippen molar-refractivity contribution in [2.45, 2.75) is 38.6 Å². The van der Waals surface area contributed by atoms with Crippen molar-refractivity contribution >= 4 is 17.8 Å². The van der Waals surface area contributed by atoms with Gasteiger partial charge in [0.2, 0.25) is 6.41 Å². The van der Waals surface area contributed by atoms with Crippen LogP contribution in [0.15, 0.2) is 18.2 Å². The third-order valence-electron chi connectivity index (χ3n) is 4.91. The van der Waals surface area contributed by atoms with Gasteiger partial charge in [0.1, 0.15) is 0 Å². The summed E-state index contributed by atoms with van der Waals surface area (Å²) >= 11 is 0. The van der Waals surface area contributed by atoms with E-state index in [0.29, 0.717) is 0 Å². The molecule has 0 aromatic heterocycles. The van der Waals surface area contributed by atoms with Crippen molar-refractivity contribution in [2.24, 2.45) is 0 Å². The van der Waals surface area contributed by atoms with E-state index in [1.54, 1.807) is 0 Å². The molecule has 2 aliphatic rings. The molecule has 2 fully saturated rings. The van der Waals surface area contributed by atoms with Crippen LogP contribution in [0.4, 0.5) is 11.4 Å². The number of hydrogen-bond acceptors (Lipinski definition) is 3. The summed E-state index contributed by atoms with van der Waals surface area (Å²) in [7, 11) is 0. The smallest absolute Gasteiger partial charge is 0.211 e. The minimum absolute atomic E-state index is 0.740. The molecule has 114 valence electrons. The molecule has 2 heterocycles. The van der Waals surface area contributed by atoms with E-state index in [9.17, 15) is 4.79 Å². The Kier molecular flexibility index (Phi) is 4.44. The summed E-state index contributed by atoms with van der Waals surface area (Å²) in [4.78, 5) is 15.7. The second-order valence-corrected chi connectivity index (χ2v) is 6.22. The SMILES string of the molecule is Cc1cc(N2CCC(N3CCCC3)CC2)ccc1NC=O. The number of nitrogens with zero attached hydrogens (tertiary/aromatic N) is 2. The number of benzene rings is 1. The molecule has 2 aliphatic heterocycles. The monoisotopic (exact) mass is 287 g/mol. The number of hydrogen-bond donors (Lipinski definition) is 1. The molecule has 0 atom stereocenters. The molecule has 0 bridgehead atoms. The highest BCUT2D eigenvalue weighted by atomic mass is 16.1. The normalized spacial score (nSPS) is 20.7. The van der Waals surface area contributed by atoms with E-state index in [1.165, 1.54) is 44.5 Å². The number of rotatable bonds is 4. The van der Waals surface area contributed by atoms with Crippen LogP contribution in [0, 0.1) is 6.92 Å². The summed E-state index contributed by atoms with van der Waals surface area (Å²) in [6.45, 7) is 6.93. The minimum atomic E-state index is 0.740. The van der Waals surface area contributed by atoms with Crippen molar-refractivity contribution < 1.29 is 4.79 Å². The predicted octanol–water partition coefficient (Wildman–Crippen LogP) is 2.63. The molecule has 1 N–H and O–H groups in total. The zero-order chi connectivity index (χ0) is 14.7. The molecule has 0 radical (unpaired) electrons. The summed E-state index contributed by atoms with van der Waals surface area (Å²) in [6.07, 6.45) is 6.04. The predicted molar refractivity (Wildman–Crippen MR) is 86.9 cm³/mol. The highest BCUT2D eigenvalue weighted by Gasteiger charge is 2.26. The molecule has 4 nitrogen and oxygen atoms in total. The Morgan fingerprint density at radius 2 is 1.86 bits per heavy atom. The number of amides is 1. The third kappa shape index (κ3) is 3.21. The highest BCUT2D eigenvalue weighted by molar-refractivity contribution is 5.74. The zero-order valence-corrected chi connectivity index (χ0v) is 12.8. The van der Waals surface area contributed by atoms with Crippen molar-refractivity contribution in [3.05, 3.63) is 23.8 Å². The quantitative estimate of drug-likeness (QED) is 0.865. The Bertz CT molecular complexity index is 489. The standard InChI is InChI=1S/C17H25N3O/c1-14-12-16(4-5-17(14)18-13-21)20-10-6-15(7-11-20)19-8-2-3-9-19/h4-5,12-13,15H,2-3,6-11H2,1H3,(H,18,21). The average Bonchev–Trinajstić information content (AvgIpc) is 3.04. The highest BCUT2D eigenvalue weighted by Crippen LogP contribution is 2.27. The van der Waals surface area contributed by atoms with Gasteiger partial charge < -0.3 is 15.1 Å². The fraction of sp³-hybridized carbons (Fsp3) is 0.588. The van der Waals surface area contributed by atoms with Gasteiger partial charge in [-0.3, -0.25) is 4.79 Å². The van der Waals surface area contributed by atoms with Crippen LogP contribution in [0.3, 0.4) is 0 Å². The summed E-state index contributed by atoms with van der Waals surface area (Å²) in [6, 6.07) is 7.10. The molecular formula is C17H25N3O. The van der Waals surface area contributed by atoms with Gasteiger partial charge in [-0.05, 0) is 69.5 Å². The van der Waals surface area contributed by atoms with Crippen LogP contribution in [0.5, 0.6) is 0 Å². The van der Waals surface area contributed by atoms with E-state index in [1.807, 2.05) is 13.0 Å². The Morgan fingerprint density at radius 3 is 2.48 bits per heavy atom. The molecule has 4 heteroatoms. The van der Waals surface area contributed by atoms with Crippen LogP contribution in [0.1, 0.15) is 31.2 Å². The Balaban J connectivity index is 1.61. The van der Waals surface area contributed by atoms with Gasteiger partial charge in [0, 0.05) is 30.5 Å². The van der Waals surface area contributed by atoms with Gasteiger partial charge >= 0.3 is 0 Å². The number of carbonyl (C=O) groups is 1. The van der Waals surface area contributed by atoms with Gasteiger partial charge in [-0.25, -0.2) is 0 Å². The molecular weight excluding hydrogens is 262 g/mol. The van der Waals surface area contributed by atoms with E-state index < -0.39 is 0 Å². The van der Waals surface area contributed by atoms with Crippen LogP contribution in [-0.4, -0.2) is 43.5 Å². The van der Waals surface area contributed by atoms with E-state index >= 15 is 0 Å². The molecule has 1 amide bonds. The number of anilines is 2. The lowest BCUT2D eigenvalue weighted by atomic mass is 10.0. The fourth-order valence-electron chi connectivity index (χ4n) is 3.67. The summed E-state index contributed by atoms with van der Waals surface area (Å²) in [5.41, 5.74) is 3.31. The average molecular weight is 287 g/mol. The van der Waals surface area contributed by atoms with Gasteiger partial charge in [0.05, 0.1) is 0 Å². The number of carbonyl (C=O) groups excluding carboxylic acids is 1. The first-order chi connectivity index (χ1) is 10.3. The van der Waals surface area contributed by atoms with Crippen LogP contribution in [-0.2, 0) is 4.79 Å². The maximum absolute atomic E-state index is 10.5. The van der Waals surface area contributed by atoms with Crippen molar-refractivity contribution in [2.75, 3.05) is 36.4 Å². The minimum Gasteiger partial charge on any atom is -0.371 e. The van der Waals surface area contributed by atoms with Crippen LogP contribution < -0.4 is 10.2 Å². The van der Waals surface area contributed by atoms with Gasteiger partial charge in [-0.2, -0.15) is 0 Å². The summed E-state index contributed by atoms with van der Waals surface area (Å²) in [5, 5.41) is 2.74. The fourth-order valence-corrected chi connectivity index (χ4v) is 3.67. The van der Waals surface area contributed by atoms with E-state index in [4.69, 9.17) is 0 Å². The number of aryl methyl sites for hydroxylation is 1. The maximum atomic E-state index is 10.5. The Morgan fingerprint density at radius 1 is 1.14 bits per heavy atom.